The van der Waals surface area contributed by atoms with Crippen molar-refractivity contribution in [3.8, 4) is 0 Å². The van der Waals surface area contributed by atoms with E-state index in [1.807, 2.05) is 0 Å². The summed E-state index contributed by atoms with van der Waals surface area (Å²) in [4.78, 5) is 6.31. The molecule has 1 aromatic heterocycles. The fourth-order valence-electron chi connectivity index (χ4n) is 1.45. The number of hydrogen-bond donors (Lipinski definition) is 1. The third-order valence-corrected chi connectivity index (χ3v) is 3.98. The molecule has 0 radical (unpaired) electrons. The van der Waals surface area contributed by atoms with Crippen molar-refractivity contribution in [2.45, 2.75) is 17.9 Å². The lowest BCUT2D eigenvalue weighted by Gasteiger charge is -2.12. The molecular formula is C7H11N3O2S. The van der Waals surface area contributed by atoms with Crippen LogP contribution in [0.25, 0.3) is 0 Å². The second kappa shape index (κ2) is 3.12. The van der Waals surface area contributed by atoms with E-state index in [1.165, 1.54) is 16.8 Å². The minimum Gasteiger partial charge on any atom is -0.335 e. The van der Waals surface area contributed by atoms with E-state index >= 15 is 0 Å². The third-order valence-electron chi connectivity index (χ3n) is 2.16. The first kappa shape index (κ1) is 8.71. The molecule has 0 aliphatic carbocycles. The number of hydrogen-bond acceptors (Lipinski definition) is 3. The predicted molar refractivity (Wildman–Crippen MR) is 46.6 cm³/mol. The Bertz CT molecular complexity index is 364. The first-order valence-corrected chi connectivity index (χ1v) is 5.64. The van der Waals surface area contributed by atoms with Gasteiger partial charge in [-0.05, 0) is 12.8 Å². The van der Waals surface area contributed by atoms with Crippen LogP contribution in [-0.4, -0.2) is 35.8 Å². The van der Waals surface area contributed by atoms with Gasteiger partial charge in [0.1, 0.15) is 0 Å². The molecule has 0 bridgehead atoms. The molecule has 1 fully saturated rings. The largest absolute Gasteiger partial charge is 0.335 e. The zero-order valence-corrected chi connectivity index (χ0v) is 7.92. The molecule has 0 saturated carbocycles. The average Bonchev–Trinajstić information content (AvgIpc) is 2.78. The smallest absolute Gasteiger partial charge is 0.260 e. The third kappa shape index (κ3) is 1.47. The van der Waals surface area contributed by atoms with E-state index in [-0.39, 0.29) is 5.03 Å². The van der Waals surface area contributed by atoms with E-state index in [1.54, 1.807) is 0 Å². The van der Waals surface area contributed by atoms with Crippen molar-refractivity contribution in [1.29, 1.82) is 0 Å². The summed E-state index contributed by atoms with van der Waals surface area (Å²) in [5.41, 5.74) is 0. The number of imidazole rings is 1. The lowest BCUT2D eigenvalue weighted by atomic mass is 10.4. The van der Waals surface area contributed by atoms with Crippen LogP contribution in [0.1, 0.15) is 12.8 Å². The van der Waals surface area contributed by atoms with Gasteiger partial charge < -0.3 is 4.98 Å². The molecular weight excluding hydrogens is 190 g/mol. The van der Waals surface area contributed by atoms with E-state index in [0.717, 1.165) is 12.8 Å². The van der Waals surface area contributed by atoms with Gasteiger partial charge in [-0.1, -0.05) is 0 Å². The summed E-state index contributed by atoms with van der Waals surface area (Å²) in [6.45, 7) is 1.25. The van der Waals surface area contributed by atoms with Gasteiger partial charge in [-0.2, -0.15) is 4.31 Å². The SMILES string of the molecule is O=S(=O)(c1cnc[nH]1)N1CCCC1. The van der Waals surface area contributed by atoms with Crippen LogP contribution in [0.4, 0.5) is 0 Å². The van der Waals surface area contributed by atoms with Crippen LogP contribution in [0.3, 0.4) is 0 Å². The first-order valence-electron chi connectivity index (χ1n) is 4.20. The molecule has 13 heavy (non-hydrogen) atoms. The summed E-state index contributed by atoms with van der Waals surface area (Å²) in [7, 11) is -3.28. The maximum atomic E-state index is 11.8. The Balaban J connectivity index is 2.30. The molecule has 1 N–H and O–H groups in total. The van der Waals surface area contributed by atoms with Crippen LogP contribution in [0, 0.1) is 0 Å². The summed E-state index contributed by atoms with van der Waals surface area (Å²) in [5.74, 6) is 0. The van der Waals surface area contributed by atoms with E-state index in [4.69, 9.17) is 0 Å². The summed E-state index contributed by atoms with van der Waals surface area (Å²) in [5, 5.41) is 0.189. The van der Waals surface area contributed by atoms with Gasteiger partial charge in [-0.15, -0.1) is 0 Å². The molecule has 2 heterocycles. The number of aromatic nitrogens is 2. The maximum absolute atomic E-state index is 11.8. The zero-order chi connectivity index (χ0) is 9.31. The fourth-order valence-corrected chi connectivity index (χ4v) is 2.86. The van der Waals surface area contributed by atoms with Crippen molar-refractivity contribution in [2.24, 2.45) is 0 Å². The first-order chi connectivity index (χ1) is 6.21. The van der Waals surface area contributed by atoms with Crippen LogP contribution < -0.4 is 0 Å². The second-order valence-electron chi connectivity index (χ2n) is 3.03. The summed E-state index contributed by atoms with van der Waals surface area (Å²) < 4.78 is 25.0. The van der Waals surface area contributed by atoms with Crippen LogP contribution >= 0.6 is 0 Å². The Morgan fingerprint density at radius 1 is 1.38 bits per heavy atom. The number of H-pyrrole nitrogens is 1. The monoisotopic (exact) mass is 201 g/mol. The van der Waals surface area contributed by atoms with Crippen LogP contribution in [0.2, 0.25) is 0 Å². The molecule has 0 atom stereocenters. The Labute approximate surface area is 76.8 Å². The van der Waals surface area contributed by atoms with Gasteiger partial charge in [0.25, 0.3) is 10.0 Å². The molecule has 0 unspecified atom stereocenters. The Hall–Kier alpha value is -0.880. The number of nitrogens with one attached hydrogen (secondary N) is 1. The number of nitrogens with zero attached hydrogens (tertiary/aromatic N) is 2. The second-order valence-corrected chi connectivity index (χ2v) is 4.93. The Kier molecular flexibility index (Phi) is 2.09. The quantitative estimate of drug-likeness (QED) is 0.743. The van der Waals surface area contributed by atoms with Gasteiger partial charge in [0.05, 0.1) is 12.5 Å². The topological polar surface area (TPSA) is 66.1 Å². The lowest BCUT2D eigenvalue weighted by Crippen LogP contribution is -2.28. The number of aromatic amines is 1. The maximum Gasteiger partial charge on any atom is 0.260 e. The summed E-state index contributed by atoms with van der Waals surface area (Å²) in [6, 6.07) is 0. The molecule has 0 aromatic carbocycles. The molecule has 1 aliphatic rings. The minimum absolute atomic E-state index is 0.189. The fraction of sp³-hybridized carbons (Fsp3) is 0.571. The number of sulfonamides is 1. The Morgan fingerprint density at radius 2 is 2.08 bits per heavy atom. The van der Waals surface area contributed by atoms with E-state index in [2.05, 4.69) is 9.97 Å². The van der Waals surface area contributed by atoms with Gasteiger partial charge in [0.2, 0.25) is 0 Å². The van der Waals surface area contributed by atoms with Crippen molar-refractivity contribution in [2.75, 3.05) is 13.1 Å². The van der Waals surface area contributed by atoms with Gasteiger partial charge >= 0.3 is 0 Å². The summed E-state index contributed by atoms with van der Waals surface area (Å²) >= 11 is 0. The van der Waals surface area contributed by atoms with E-state index in [0.29, 0.717) is 13.1 Å². The highest BCUT2D eigenvalue weighted by atomic mass is 32.2. The minimum atomic E-state index is -3.28. The zero-order valence-electron chi connectivity index (χ0n) is 7.10. The molecule has 1 aliphatic heterocycles. The lowest BCUT2D eigenvalue weighted by molar-refractivity contribution is 0.475. The standard InChI is InChI=1S/C7H11N3O2S/c11-13(12,7-5-8-6-9-7)10-3-1-2-4-10/h5-6H,1-4H2,(H,8,9). The molecule has 6 heteroatoms. The van der Waals surface area contributed by atoms with Crippen molar-refractivity contribution >= 4 is 10.0 Å². The number of rotatable bonds is 2. The van der Waals surface area contributed by atoms with Gasteiger partial charge in [-0.25, -0.2) is 13.4 Å². The summed E-state index contributed by atoms with van der Waals surface area (Å²) in [6.07, 6.45) is 4.62. The highest BCUT2D eigenvalue weighted by Gasteiger charge is 2.27. The van der Waals surface area contributed by atoms with E-state index < -0.39 is 10.0 Å². The molecule has 72 valence electrons. The van der Waals surface area contributed by atoms with E-state index in [9.17, 15) is 8.42 Å². The molecule has 5 nitrogen and oxygen atoms in total. The molecule has 1 saturated heterocycles. The molecule has 0 spiro atoms. The highest BCUT2D eigenvalue weighted by Crippen LogP contribution is 2.17. The molecule has 1 aromatic rings. The molecule has 2 rings (SSSR count). The molecule has 0 amide bonds. The Morgan fingerprint density at radius 3 is 2.62 bits per heavy atom. The average molecular weight is 201 g/mol. The van der Waals surface area contributed by atoms with Gasteiger partial charge in [0.15, 0.2) is 5.03 Å². The van der Waals surface area contributed by atoms with Crippen molar-refractivity contribution < 1.29 is 8.42 Å². The van der Waals surface area contributed by atoms with Gasteiger partial charge in [-0.3, -0.25) is 0 Å². The van der Waals surface area contributed by atoms with Crippen LogP contribution in [0.5, 0.6) is 0 Å². The van der Waals surface area contributed by atoms with Crippen molar-refractivity contribution in [3.05, 3.63) is 12.5 Å². The predicted octanol–water partition coefficient (Wildman–Crippen LogP) is 0.194. The van der Waals surface area contributed by atoms with Crippen LogP contribution in [-0.2, 0) is 10.0 Å². The van der Waals surface area contributed by atoms with Gasteiger partial charge in [0, 0.05) is 13.1 Å². The van der Waals surface area contributed by atoms with Crippen molar-refractivity contribution in [1.82, 2.24) is 14.3 Å². The highest BCUT2D eigenvalue weighted by molar-refractivity contribution is 7.89. The van der Waals surface area contributed by atoms with Crippen molar-refractivity contribution in [3.63, 3.8) is 0 Å². The van der Waals surface area contributed by atoms with Crippen LogP contribution in [0.15, 0.2) is 17.6 Å². The normalized spacial score (nSPS) is 19.4.